The van der Waals surface area contributed by atoms with Gasteiger partial charge in [-0.3, -0.25) is 28.0 Å². The SMILES string of the molecule is CC(=O)O[C@@H]1[C@@H](OC(C)=O)[C@H](C)O[C@@H](OP(=O)(OCc2ccccc2)OCc2ccccc2)[C@@H]1OC(C)=O. The van der Waals surface area contributed by atoms with Crippen molar-refractivity contribution < 1.29 is 51.5 Å². The highest BCUT2D eigenvalue weighted by Crippen LogP contribution is 2.53. The molecule has 1 fully saturated rings. The second kappa shape index (κ2) is 13.6. The summed E-state index contributed by atoms with van der Waals surface area (Å²) in [6, 6.07) is 17.9. The minimum atomic E-state index is -4.40. The number of carbonyl (C=O) groups is 3. The second-order valence-electron chi connectivity index (χ2n) is 8.50. The molecule has 0 aliphatic carbocycles. The maximum atomic E-state index is 13.9. The van der Waals surface area contributed by atoms with Crippen molar-refractivity contribution in [2.24, 2.45) is 0 Å². The standard InChI is InChI=1S/C26H31O11P/c1-17-23(34-18(2)27)24(35-19(3)28)25(36-20(4)29)26(33-17)37-38(30,31-15-21-11-7-5-8-12-21)32-16-22-13-9-6-10-14-22/h5-14,17,23-26H,15-16H2,1-4H3/t17-,23-,24+,25+,26-/m0/s1. The summed E-state index contributed by atoms with van der Waals surface area (Å²) in [6.45, 7) is 4.71. The molecule has 0 unspecified atom stereocenters. The van der Waals surface area contributed by atoms with E-state index in [1.165, 1.54) is 13.8 Å². The van der Waals surface area contributed by atoms with Gasteiger partial charge in [0.2, 0.25) is 6.29 Å². The summed E-state index contributed by atoms with van der Waals surface area (Å²) in [5.74, 6) is -2.18. The molecule has 1 saturated heterocycles. The van der Waals surface area contributed by atoms with E-state index in [0.717, 1.165) is 13.8 Å². The van der Waals surface area contributed by atoms with Crippen molar-refractivity contribution >= 4 is 25.7 Å². The van der Waals surface area contributed by atoms with Gasteiger partial charge in [0.25, 0.3) is 0 Å². The van der Waals surface area contributed by atoms with Crippen LogP contribution in [0.25, 0.3) is 0 Å². The summed E-state index contributed by atoms with van der Waals surface area (Å²) in [5, 5.41) is 0. The van der Waals surface area contributed by atoms with Crippen LogP contribution in [0, 0.1) is 0 Å². The maximum Gasteiger partial charge on any atom is 0.477 e. The monoisotopic (exact) mass is 550 g/mol. The van der Waals surface area contributed by atoms with Gasteiger partial charge in [-0.05, 0) is 18.1 Å². The molecule has 5 atom stereocenters. The summed E-state index contributed by atoms with van der Waals surface area (Å²) in [7, 11) is -4.40. The number of carbonyl (C=O) groups excluding carboxylic acids is 3. The average molecular weight is 550 g/mol. The van der Waals surface area contributed by atoms with Crippen LogP contribution in [0.1, 0.15) is 38.8 Å². The molecule has 11 nitrogen and oxygen atoms in total. The quantitative estimate of drug-likeness (QED) is 0.228. The van der Waals surface area contributed by atoms with Crippen molar-refractivity contribution in [3.8, 4) is 0 Å². The second-order valence-corrected chi connectivity index (χ2v) is 10.1. The van der Waals surface area contributed by atoms with Crippen LogP contribution in [0.15, 0.2) is 60.7 Å². The van der Waals surface area contributed by atoms with E-state index in [1.807, 2.05) is 12.1 Å². The normalized spacial score (nSPS) is 23.3. The van der Waals surface area contributed by atoms with Gasteiger partial charge in [-0.2, -0.15) is 0 Å². The summed E-state index contributed by atoms with van der Waals surface area (Å²) >= 11 is 0. The number of phosphoric acid groups is 1. The van der Waals surface area contributed by atoms with Crippen LogP contribution in [-0.4, -0.2) is 48.6 Å². The van der Waals surface area contributed by atoms with Crippen LogP contribution in [0.5, 0.6) is 0 Å². The first kappa shape index (κ1) is 29.5. The Morgan fingerprint density at radius 1 is 0.711 bits per heavy atom. The van der Waals surface area contributed by atoms with Gasteiger partial charge in [-0.25, -0.2) is 4.57 Å². The van der Waals surface area contributed by atoms with Crippen molar-refractivity contribution in [3.63, 3.8) is 0 Å². The Kier molecular flexibility index (Phi) is 10.6. The fourth-order valence-corrected chi connectivity index (χ4v) is 4.97. The third kappa shape index (κ3) is 8.75. The molecule has 0 N–H and O–H groups in total. The van der Waals surface area contributed by atoms with E-state index >= 15 is 0 Å². The minimum Gasteiger partial charge on any atom is -0.456 e. The van der Waals surface area contributed by atoms with Crippen LogP contribution in [0.2, 0.25) is 0 Å². The zero-order valence-corrected chi connectivity index (χ0v) is 22.4. The van der Waals surface area contributed by atoms with E-state index in [9.17, 15) is 18.9 Å². The fourth-order valence-electron chi connectivity index (χ4n) is 3.74. The zero-order valence-electron chi connectivity index (χ0n) is 21.5. The molecule has 1 aliphatic rings. The third-order valence-corrected chi connectivity index (χ3v) is 6.69. The van der Waals surface area contributed by atoms with Crippen LogP contribution < -0.4 is 0 Å². The molecule has 0 aromatic heterocycles. The average Bonchev–Trinajstić information content (AvgIpc) is 2.87. The van der Waals surface area contributed by atoms with Crippen molar-refractivity contribution in [2.45, 2.75) is 71.6 Å². The lowest BCUT2D eigenvalue weighted by Gasteiger charge is -2.43. The van der Waals surface area contributed by atoms with E-state index < -0.39 is 56.4 Å². The van der Waals surface area contributed by atoms with Crippen LogP contribution in [0.3, 0.4) is 0 Å². The van der Waals surface area contributed by atoms with E-state index in [2.05, 4.69) is 0 Å². The highest BCUT2D eigenvalue weighted by molar-refractivity contribution is 7.48. The van der Waals surface area contributed by atoms with E-state index in [-0.39, 0.29) is 13.2 Å². The number of benzene rings is 2. The summed E-state index contributed by atoms with van der Waals surface area (Å²) < 4.78 is 52.7. The van der Waals surface area contributed by atoms with Gasteiger partial charge in [-0.15, -0.1) is 0 Å². The van der Waals surface area contributed by atoms with E-state index in [4.69, 9.17) is 32.5 Å². The highest BCUT2D eigenvalue weighted by Gasteiger charge is 2.53. The lowest BCUT2D eigenvalue weighted by molar-refractivity contribution is -0.284. The molecule has 0 radical (unpaired) electrons. The first-order valence-electron chi connectivity index (χ1n) is 11.9. The van der Waals surface area contributed by atoms with Gasteiger partial charge in [0.05, 0.1) is 19.3 Å². The number of esters is 3. The highest BCUT2D eigenvalue weighted by atomic mass is 31.2. The molecule has 206 valence electrons. The summed E-state index contributed by atoms with van der Waals surface area (Å²) in [6.07, 6.45) is -6.42. The Balaban J connectivity index is 1.90. The molecule has 0 spiro atoms. The van der Waals surface area contributed by atoms with Gasteiger partial charge < -0.3 is 18.9 Å². The molecule has 12 heteroatoms. The molecule has 0 amide bonds. The fraction of sp³-hybridized carbons (Fsp3) is 0.423. The van der Waals surface area contributed by atoms with Gasteiger partial charge in [0.15, 0.2) is 18.3 Å². The van der Waals surface area contributed by atoms with Gasteiger partial charge in [-0.1, -0.05) is 60.7 Å². The summed E-state index contributed by atoms with van der Waals surface area (Å²) in [5.41, 5.74) is 1.39. The first-order valence-corrected chi connectivity index (χ1v) is 13.3. The van der Waals surface area contributed by atoms with Gasteiger partial charge >= 0.3 is 25.7 Å². The topological polar surface area (TPSA) is 133 Å². The molecule has 2 aromatic carbocycles. The molecular formula is C26H31O11P. The number of ether oxygens (including phenoxy) is 4. The van der Waals surface area contributed by atoms with Crippen LogP contribution in [-0.2, 0) is 64.7 Å². The Bertz CT molecular complexity index is 1080. The van der Waals surface area contributed by atoms with Crippen LogP contribution in [0.4, 0.5) is 0 Å². The molecule has 0 saturated carbocycles. The maximum absolute atomic E-state index is 13.9. The van der Waals surface area contributed by atoms with Crippen molar-refractivity contribution in [2.75, 3.05) is 0 Å². The number of hydrogen-bond acceptors (Lipinski definition) is 11. The predicted molar refractivity (Wildman–Crippen MR) is 132 cm³/mol. The zero-order chi connectivity index (χ0) is 27.7. The summed E-state index contributed by atoms with van der Waals surface area (Å²) in [4.78, 5) is 35.6. The van der Waals surface area contributed by atoms with E-state index in [1.54, 1.807) is 48.5 Å². The lowest BCUT2D eigenvalue weighted by Crippen LogP contribution is -2.61. The predicted octanol–water partition coefficient (Wildman–Crippen LogP) is 4.08. The number of rotatable bonds is 11. The molecule has 3 rings (SSSR count). The van der Waals surface area contributed by atoms with Crippen molar-refractivity contribution in [3.05, 3.63) is 71.8 Å². The molecule has 0 bridgehead atoms. The molecule has 1 heterocycles. The lowest BCUT2D eigenvalue weighted by atomic mass is 9.99. The number of hydrogen-bond donors (Lipinski definition) is 0. The van der Waals surface area contributed by atoms with Crippen molar-refractivity contribution in [1.82, 2.24) is 0 Å². The minimum absolute atomic E-state index is 0.128. The smallest absolute Gasteiger partial charge is 0.456 e. The molecule has 2 aromatic rings. The Morgan fingerprint density at radius 3 is 1.58 bits per heavy atom. The van der Waals surface area contributed by atoms with Crippen molar-refractivity contribution in [1.29, 1.82) is 0 Å². The third-order valence-electron chi connectivity index (χ3n) is 5.33. The largest absolute Gasteiger partial charge is 0.477 e. The number of phosphoric ester groups is 1. The molecular weight excluding hydrogens is 519 g/mol. The Labute approximate surface area is 220 Å². The molecule has 38 heavy (non-hydrogen) atoms. The Hall–Kier alpha value is -3.08. The Morgan fingerprint density at radius 2 is 1.13 bits per heavy atom. The molecule has 1 aliphatic heterocycles. The van der Waals surface area contributed by atoms with Crippen LogP contribution >= 0.6 is 7.82 Å². The first-order chi connectivity index (χ1) is 18.1. The van der Waals surface area contributed by atoms with Gasteiger partial charge in [0, 0.05) is 20.8 Å². The van der Waals surface area contributed by atoms with Gasteiger partial charge in [0.1, 0.15) is 0 Å². The van der Waals surface area contributed by atoms with E-state index in [0.29, 0.717) is 11.1 Å².